The molecular formula is C10H14FN3O. The number of aryl methyl sites for hydroxylation is 1. The molecule has 1 aromatic carbocycles. The fourth-order valence-corrected chi connectivity index (χ4v) is 1.26. The van der Waals surface area contributed by atoms with Gasteiger partial charge in [0, 0.05) is 13.6 Å². The highest BCUT2D eigenvalue weighted by Crippen LogP contribution is 2.10. The molecule has 15 heavy (non-hydrogen) atoms. The first-order valence-corrected chi connectivity index (χ1v) is 4.51. The van der Waals surface area contributed by atoms with E-state index in [-0.39, 0.29) is 11.8 Å². The molecule has 82 valence electrons. The van der Waals surface area contributed by atoms with Crippen LogP contribution >= 0.6 is 0 Å². The Morgan fingerprint density at radius 1 is 1.60 bits per heavy atom. The first-order valence-electron chi connectivity index (χ1n) is 4.51. The van der Waals surface area contributed by atoms with Gasteiger partial charge in [-0.1, -0.05) is 12.1 Å². The van der Waals surface area contributed by atoms with Crippen LogP contribution in [0.2, 0.25) is 0 Å². The van der Waals surface area contributed by atoms with E-state index in [2.05, 4.69) is 0 Å². The molecule has 0 saturated carbocycles. The van der Waals surface area contributed by atoms with E-state index in [4.69, 9.17) is 5.84 Å². The maximum Gasteiger partial charge on any atom is 0.331 e. The summed E-state index contributed by atoms with van der Waals surface area (Å²) in [6.45, 7) is 2.08. The number of nitrogens with zero attached hydrogens (tertiary/aromatic N) is 1. The van der Waals surface area contributed by atoms with Crippen LogP contribution in [0.3, 0.4) is 0 Å². The van der Waals surface area contributed by atoms with E-state index < -0.39 is 0 Å². The standard InChI is InChI=1S/C10H14FN3O/c1-7-5-8(3-4-9(7)11)6-14(2)10(15)13-12/h3-5H,6,12H2,1-2H3,(H,13,15). The van der Waals surface area contributed by atoms with Crippen molar-refractivity contribution in [1.82, 2.24) is 10.3 Å². The van der Waals surface area contributed by atoms with Crippen molar-refractivity contribution in [1.29, 1.82) is 0 Å². The van der Waals surface area contributed by atoms with Crippen LogP contribution < -0.4 is 11.3 Å². The van der Waals surface area contributed by atoms with Crippen LogP contribution in [0.25, 0.3) is 0 Å². The average Bonchev–Trinajstić information content (AvgIpc) is 2.22. The molecule has 2 amide bonds. The van der Waals surface area contributed by atoms with Gasteiger partial charge in [-0.15, -0.1) is 0 Å². The Morgan fingerprint density at radius 3 is 2.80 bits per heavy atom. The summed E-state index contributed by atoms with van der Waals surface area (Å²) in [5, 5.41) is 0. The molecule has 4 nitrogen and oxygen atoms in total. The molecule has 0 fully saturated rings. The fourth-order valence-electron chi connectivity index (χ4n) is 1.26. The second-order valence-electron chi connectivity index (χ2n) is 3.39. The molecule has 0 heterocycles. The third kappa shape index (κ3) is 2.92. The SMILES string of the molecule is Cc1cc(CN(C)C(=O)NN)ccc1F. The maximum absolute atomic E-state index is 12.9. The van der Waals surface area contributed by atoms with Crippen molar-refractivity contribution in [2.24, 2.45) is 5.84 Å². The second kappa shape index (κ2) is 4.75. The van der Waals surface area contributed by atoms with E-state index in [0.29, 0.717) is 12.1 Å². The fraction of sp³-hybridized carbons (Fsp3) is 0.300. The van der Waals surface area contributed by atoms with E-state index in [9.17, 15) is 9.18 Å². The van der Waals surface area contributed by atoms with Crippen molar-refractivity contribution in [3.8, 4) is 0 Å². The van der Waals surface area contributed by atoms with Gasteiger partial charge in [0.2, 0.25) is 0 Å². The van der Waals surface area contributed by atoms with Gasteiger partial charge in [0.05, 0.1) is 0 Å². The summed E-state index contributed by atoms with van der Waals surface area (Å²) >= 11 is 0. The summed E-state index contributed by atoms with van der Waals surface area (Å²) in [7, 11) is 1.61. The van der Waals surface area contributed by atoms with Gasteiger partial charge in [0.15, 0.2) is 0 Å². The normalized spacial score (nSPS) is 9.87. The minimum Gasteiger partial charge on any atom is -0.322 e. The highest BCUT2D eigenvalue weighted by molar-refractivity contribution is 5.73. The first kappa shape index (κ1) is 11.5. The van der Waals surface area contributed by atoms with Crippen LogP contribution in [0.1, 0.15) is 11.1 Å². The maximum atomic E-state index is 12.9. The average molecular weight is 211 g/mol. The Hall–Kier alpha value is -1.62. The predicted octanol–water partition coefficient (Wildman–Crippen LogP) is 1.15. The summed E-state index contributed by atoms with van der Waals surface area (Å²) in [6, 6.07) is 4.36. The van der Waals surface area contributed by atoms with Gasteiger partial charge in [-0.05, 0) is 24.1 Å². The van der Waals surface area contributed by atoms with Crippen molar-refractivity contribution in [2.75, 3.05) is 7.05 Å². The van der Waals surface area contributed by atoms with Crippen molar-refractivity contribution >= 4 is 6.03 Å². The number of carbonyl (C=O) groups is 1. The third-order valence-electron chi connectivity index (χ3n) is 2.11. The topological polar surface area (TPSA) is 58.4 Å². The van der Waals surface area contributed by atoms with E-state index in [1.165, 1.54) is 11.0 Å². The molecule has 0 saturated heterocycles. The van der Waals surface area contributed by atoms with Gasteiger partial charge in [0.1, 0.15) is 5.82 Å². The number of urea groups is 1. The molecule has 0 aliphatic carbocycles. The van der Waals surface area contributed by atoms with Crippen LogP contribution in [-0.4, -0.2) is 18.0 Å². The molecule has 1 aromatic rings. The summed E-state index contributed by atoms with van der Waals surface area (Å²) in [6.07, 6.45) is 0. The van der Waals surface area contributed by atoms with E-state index in [1.54, 1.807) is 26.1 Å². The number of amides is 2. The molecule has 0 aromatic heterocycles. The Morgan fingerprint density at radius 2 is 2.27 bits per heavy atom. The minimum absolute atomic E-state index is 0.246. The quantitative estimate of drug-likeness (QED) is 0.438. The number of halogens is 1. The lowest BCUT2D eigenvalue weighted by Gasteiger charge is -2.16. The third-order valence-corrected chi connectivity index (χ3v) is 2.11. The van der Waals surface area contributed by atoms with Gasteiger partial charge in [0.25, 0.3) is 0 Å². The van der Waals surface area contributed by atoms with Gasteiger partial charge in [-0.3, -0.25) is 5.43 Å². The Balaban J connectivity index is 2.73. The zero-order valence-corrected chi connectivity index (χ0v) is 8.75. The molecule has 0 unspecified atom stereocenters. The van der Waals surface area contributed by atoms with Gasteiger partial charge >= 0.3 is 6.03 Å². The molecule has 0 aliphatic heterocycles. The molecule has 0 spiro atoms. The molecule has 0 radical (unpaired) electrons. The highest BCUT2D eigenvalue weighted by atomic mass is 19.1. The van der Waals surface area contributed by atoms with Crippen LogP contribution in [0, 0.1) is 12.7 Å². The van der Waals surface area contributed by atoms with Crippen molar-refractivity contribution in [3.05, 3.63) is 35.1 Å². The second-order valence-corrected chi connectivity index (χ2v) is 3.39. The summed E-state index contributed by atoms with van der Waals surface area (Å²) < 4.78 is 12.9. The number of nitrogens with two attached hydrogens (primary N) is 1. The van der Waals surface area contributed by atoms with Gasteiger partial charge in [-0.2, -0.15) is 0 Å². The smallest absolute Gasteiger partial charge is 0.322 e. The number of hydrogen-bond acceptors (Lipinski definition) is 2. The number of benzene rings is 1. The lowest BCUT2D eigenvalue weighted by molar-refractivity contribution is 0.207. The van der Waals surface area contributed by atoms with Crippen LogP contribution in [-0.2, 0) is 6.54 Å². The van der Waals surface area contributed by atoms with Crippen molar-refractivity contribution in [3.63, 3.8) is 0 Å². The minimum atomic E-state index is -0.378. The van der Waals surface area contributed by atoms with Crippen LogP contribution in [0.4, 0.5) is 9.18 Å². The Bertz CT molecular complexity index is 368. The van der Waals surface area contributed by atoms with Crippen LogP contribution in [0.15, 0.2) is 18.2 Å². The first-order chi connectivity index (χ1) is 7.04. The molecule has 3 N–H and O–H groups in total. The summed E-state index contributed by atoms with van der Waals surface area (Å²) in [5.74, 6) is 4.73. The van der Waals surface area contributed by atoms with Crippen molar-refractivity contribution in [2.45, 2.75) is 13.5 Å². The van der Waals surface area contributed by atoms with Gasteiger partial charge < -0.3 is 4.90 Å². The Kier molecular flexibility index (Phi) is 3.62. The number of carbonyl (C=O) groups excluding carboxylic acids is 1. The molecule has 5 heteroatoms. The number of rotatable bonds is 2. The largest absolute Gasteiger partial charge is 0.331 e. The molecule has 1 rings (SSSR count). The zero-order chi connectivity index (χ0) is 11.4. The predicted molar refractivity (Wildman–Crippen MR) is 55.3 cm³/mol. The number of hydrazine groups is 1. The summed E-state index contributed by atoms with van der Waals surface area (Å²) in [5.41, 5.74) is 3.45. The molecule has 0 aliphatic rings. The molecule has 0 bridgehead atoms. The number of nitrogens with one attached hydrogen (secondary N) is 1. The van der Waals surface area contributed by atoms with E-state index in [0.717, 1.165) is 5.56 Å². The Labute approximate surface area is 87.8 Å². The number of hydrogen-bond donors (Lipinski definition) is 2. The van der Waals surface area contributed by atoms with E-state index >= 15 is 0 Å². The molecule has 0 atom stereocenters. The zero-order valence-electron chi connectivity index (χ0n) is 8.75. The monoisotopic (exact) mass is 211 g/mol. The highest BCUT2D eigenvalue weighted by Gasteiger charge is 2.07. The van der Waals surface area contributed by atoms with E-state index in [1.807, 2.05) is 5.43 Å². The lowest BCUT2D eigenvalue weighted by atomic mass is 10.1. The summed E-state index contributed by atoms with van der Waals surface area (Å²) in [4.78, 5) is 12.5. The molecular weight excluding hydrogens is 197 g/mol. The lowest BCUT2D eigenvalue weighted by Crippen LogP contribution is -2.40. The van der Waals surface area contributed by atoms with Crippen molar-refractivity contribution < 1.29 is 9.18 Å². The van der Waals surface area contributed by atoms with Crippen LogP contribution in [0.5, 0.6) is 0 Å². The van der Waals surface area contributed by atoms with Gasteiger partial charge in [-0.25, -0.2) is 15.0 Å².